The number of nitrogens with one attached hydrogen (secondary N) is 1. The van der Waals surface area contributed by atoms with E-state index < -0.39 is 0 Å². The van der Waals surface area contributed by atoms with Crippen molar-refractivity contribution in [3.63, 3.8) is 0 Å². The van der Waals surface area contributed by atoms with E-state index in [2.05, 4.69) is 45.3 Å². The van der Waals surface area contributed by atoms with E-state index in [4.69, 9.17) is 0 Å². The van der Waals surface area contributed by atoms with Crippen LogP contribution in [-0.2, 0) is 6.54 Å². The van der Waals surface area contributed by atoms with E-state index >= 15 is 0 Å². The summed E-state index contributed by atoms with van der Waals surface area (Å²) in [6, 6.07) is 8.25. The van der Waals surface area contributed by atoms with Gasteiger partial charge in [0.1, 0.15) is 0 Å². The van der Waals surface area contributed by atoms with Crippen LogP contribution < -0.4 is 5.43 Å². The van der Waals surface area contributed by atoms with Gasteiger partial charge in [0.2, 0.25) is 5.13 Å². The highest BCUT2D eigenvalue weighted by Gasteiger charge is 2.10. The van der Waals surface area contributed by atoms with Crippen LogP contribution in [0.1, 0.15) is 34.8 Å². The second kappa shape index (κ2) is 6.34. The van der Waals surface area contributed by atoms with Crippen molar-refractivity contribution in [1.29, 1.82) is 0 Å². The fraction of sp³-hybridized carbons (Fsp3) is 0.235. The number of aromatic nitrogens is 2. The largest absolute Gasteiger partial charge is 0.347 e. The highest BCUT2D eigenvalue weighted by molar-refractivity contribution is 7.17. The minimum absolute atomic E-state index is 0.0306. The molecule has 3 aromatic rings. The van der Waals surface area contributed by atoms with Gasteiger partial charge in [0.05, 0.1) is 16.8 Å². The average Bonchev–Trinajstić information content (AvgIpc) is 3.08. The number of rotatable bonds is 5. The van der Waals surface area contributed by atoms with Crippen molar-refractivity contribution in [1.82, 2.24) is 9.55 Å². The van der Waals surface area contributed by atoms with Crippen LogP contribution in [-0.4, -0.2) is 21.5 Å². The molecular formula is C17H18N4OS. The molecule has 23 heavy (non-hydrogen) atoms. The average molecular weight is 326 g/mol. The summed E-state index contributed by atoms with van der Waals surface area (Å²) in [5.74, 6) is 0.0306. The second-order valence-corrected chi connectivity index (χ2v) is 6.25. The molecule has 2 aromatic heterocycles. The Morgan fingerprint density at radius 2 is 2.22 bits per heavy atom. The van der Waals surface area contributed by atoms with E-state index in [0.717, 1.165) is 17.8 Å². The first kappa shape index (κ1) is 15.4. The van der Waals surface area contributed by atoms with E-state index in [1.165, 1.54) is 22.2 Å². The molecule has 0 saturated heterocycles. The molecule has 3 rings (SSSR count). The third-order valence-electron chi connectivity index (χ3n) is 3.64. The van der Waals surface area contributed by atoms with Crippen LogP contribution in [0.25, 0.3) is 10.9 Å². The van der Waals surface area contributed by atoms with E-state index in [9.17, 15) is 4.79 Å². The lowest BCUT2D eigenvalue weighted by Crippen LogP contribution is -1.91. The normalized spacial score (nSPS) is 11.4. The molecular weight excluding hydrogens is 308 g/mol. The summed E-state index contributed by atoms with van der Waals surface area (Å²) in [5, 5.41) is 6.07. The van der Waals surface area contributed by atoms with E-state index in [1.54, 1.807) is 13.1 Å². The summed E-state index contributed by atoms with van der Waals surface area (Å²) in [5.41, 5.74) is 5.90. The lowest BCUT2D eigenvalue weighted by Gasteiger charge is -1.97. The van der Waals surface area contributed by atoms with Crippen LogP contribution in [0.2, 0.25) is 0 Å². The highest BCUT2D eigenvalue weighted by atomic mass is 32.1. The quantitative estimate of drug-likeness (QED) is 0.437. The standard InChI is InChI=1S/C17H18N4OS/c1-4-21-10-13(14-7-5-6-8-15(14)21)9-18-20-17-19-11(2)16(23-17)12(3)22/h5-10H,4H2,1-3H3,(H,19,20)/b18-9-. The molecule has 0 atom stereocenters. The molecule has 5 nitrogen and oxygen atoms in total. The number of carbonyl (C=O) groups is 1. The molecule has 118 valence electrons. The summed E-state index contributed by atoms with van der Waals surface area (Å²) in [7, 11) is 0. The van der Waals surface area contributed by atoms with Gasteiger partial charge < -0.3 is 4.57 Å². The molecule has 0 radical (unpaired) electrons. The molecule has 0 spiro atoms. The van der Waals surface area contributed by atoms with Gasteiger partial charge >= 0.3 is 0 Å². The first-order chi connectivity index (χ1) is 11.1. The summed E-state index contributed by atoms with van der Waals surface area (Å²) in [4.78, 5) is 16.4. The number of hydrogen-bond donors (Lipinski definition) is 1. The smallest absolute Gasteiger partial charge is 0.204 e. The molecule has 1 aromatic carbocycles. The van der Waals surface area contributed by atoms with Crippen LogP contribution in [0.4, 0.5) is 5.13 Å². The topological polar surface area (TPSA) is 59.3 Å². The zero-order chi connectivity index (χ0) is 16.4. The molecule has 2 heterocycles. The number of anilines is 1. The number of Topliss-reactive ketones (excluding diaryl/α,β-unsaturated/α-hetero) is 1. The number of benzene rings is 1. The maximum absolute atomic E-state index is 11.5. The minimum Gasteiger partial charge on any atom is -0.347 e. The molecule has 0 aliphatic rings. The van der Waals surface area contributed by atoms with Gasteiger partial charge in [-0.3, -0.25) is 10.2 Å². The number of para-hydroxylation sites is 1. The lowest BCUT2D eigenvalue weighted by atomic mass is 10.2. The third-order valence-corrected chi connectivity index (χ3v) is 4.80. The van der Waals surface area contributed by atoms with Crippen LogP contribution in [0.15, 0.2) is 35.6 Å². The minimum atomic E-state index is 0.0306. The fourth-order valence-corrected chi connectivity index (χ4v) is 3.38. The predicted octanol–water partition coefficient (Wildman–Crippen LogP) is 4.07. The Bertz CT molecular complexity index is 891. The van der Waals surface area contributed by atoms with Gasteiger partial charge in [-0.15, -0.1) is 0 Å². The number of hydrogen-bond acceptors (Lipinski definition) is 5. The Morgan fingerprint density at radius 1 is 1.43 bits per heavy atom. The number of carbonyl (C=O) groups excluding carboxylic acids is 1. The number of nitrogens with zero attached hydrogens (tertiary/aromatic N) is 3. The predicted molar refractivity (Wildman–Crippen MR) is 95.7 cm³/mol. The third kappa shape index (κ3) is 3.03. The second-order valence-electron chi connectivity index (χ2n) is 5.25. The SMILES string of the molecule is CCn1cc(/C=N\Nc2nc(C)c(C(C)=O)s2)c2ccccc21. The number of aryl methyl sites for hydroxylation is 2. The first-order valence-corrected chi connectivity index (χ1v) is 8.27. The van der Waals surface area contributed by atoms with Crippen molar-refractivity contribution in [3.05, 3.63) is 46.6 Å². The van der Waals surface area contributed by atoms with Crippen LogP contribution in [0, 0.1) is 6.92 Å². The van der Waals surface area contributed by atoms with Crippen LogP contribution in [0.3, 0.4) is 0 Å². The highest BCUT2D eigenvalue weighted by Crippen LogP contribution is 2.23. The Labute approximate surface area is 138 Å². The molecule has 0 bridgehead atoms. The molecule has 0 saturated carbocycles. The summed E-state index contributed by atoms with van der Waals surface area (Å²) < 4.78 is 2.19. The molecule has 0 aliphatic carbocycles. The van der Waals surface area contributed by atoms with E-state index in [0.29, 0.717) is 10.0 Å². The molecule has 6 heteroatoms. The first-order valence-electron chi connectivity index (χ1n) is 7.45. The Morgan fingerprint density at radius 3 is 2.91 bits per heavy atom. The van der Waals surface area contributed by atoms with Gasteiger partial charge in [-0.25, -0.2) is 4.98 Å². The Hall–Kier alpha value is -2.47. The summed E-state index contributed by atoms with van der Waals surface area (Å²) in [6.45, 7) is 6.41. The van der Waals surface area contributed by atoms with Crippen LogP contribution in [0.5, 0.6) is 0 Å². The maximum Gasteiger partial charge on any atom is 0.204 e. The Kier molecular flexibility index (Phi) is 4.25. The lowest BCUT2D eigenvalue weighted by molar-refractivity contribution is 0.102. The summed E-state index contributed by atoms with van der Waals surface area (Å²) in [6.07, 6.45) is 3.88. The number of hydrazone groups is 1. The monoisotopic (exact) mass is 326 g/mol. The summed E-state index contributed by atoms with van der Waals surface area (Å²) >= 11 is 1.33. The Balaban J connectivity index is 1.84. The number of thiazole rings is 1. The van der Waals surface area contributed by atoms with Gasteiger partial charge in [-0.05, 0) is 19.9 Å². The molecule has 0 amide bonds. The molecule has 0 aliphatic heterocycles. The van der Waals surface area contributed by atoms with Gasteiger partial charge in [-0.2, -0.15) is 5.10 Å². The van der Waals surface area contributed by atoms with Crippen molar-refractivity contribution in [2.24, 2.45) is 5.10 Å². The number of fused-ring (bicyclic) bond motifs is 1. The van der Waals surface area contributed by atoms with E-state index in [1.807, 2.05) is 19.1 Å². The molecule has 0 fully saturated rings. The van der Waals surface area contributed by atoms with Gasteiger partial charge in [0, 0.05) is 36.1 Å². The van der Waals surface area contributed by atoms with Crippen LogP contribution >= 0.6 is 11.3 Å². The van der Waals surface area contributed by atoms with Crippen molar-refractivity contribution in [3.8, 4) is 0 Å². The van der Waals surface area contributed by atoms with E-state index in [-0.39, 0.29) is 5.78 Å². The van der Waals surface area contributed by atoms with Gasteiger partial charge in [-0.1, -0.05) is 29.5 Å². The van der Waals surface area contributed by atoms with Crippen molar-refractivity contribution >= 4 is 39.4 Å². The zero-order valence-corrected chi connectivity index (χ0v) is 14.1. The molecule has 0 unspecified atom stereocenters. The number of ketones is 1. The molecule has 1 N–H and O–H groups in total. The van der Waals surface area contributed by atoms with Crippen molar-refractivity contribution < 1.29 is 4.79 Å². The maximum atomic E-state index is 11.5. The zero-order valence-electron chi connectivity index (χ0n) is 13.3. The van der Waals surface area contributed by atoms with Crippen molar-refractivity contribution in [2.45, 2.75) is 27.3 Å². The van der Waals surface area contributed by atoms with Crippen molar-refractivity contribution in [2.75, 3.05) is 5.43 Å². The van der Waals surface area contributed by atoms with Gasteiger partial charge in [0.25, 0.3) is 0 Å². The fourth-order valence-electron chi connectivity index (χ4n) is 2.57. The van der Waals surface area contributed by atoms with Gasteiger partial charge in [0.15, 0.2) is 5.78 Å².